The highest BCUT2D eigenvalue weighted by Gasteiger charge is 2.28. The molecule has 1 heterocycles. The van der Waals surface area contributed by atoms with Crippen LogP contribution in [0.25, 0.3) is 0 Å². The van der Waals surface area contributed by atoms with Crippen LogP contribution in [0.1, 0.15) is 12.8 Å². The number of para-hydroxylation sites is 1. The van der Waals surface area contributed by atoms with E-state index in [1.807, 2.05) is 30.3 Å². The summed E-state index contributed by atoms with van der Waals surface area (Å²) in [6.45, 7) is 0.752. The van der Waals surface area contributed by atoms with E-state index in [4.69, 9.17) is 11.1 Å². The minimum absolute atomic E-state index is 0.0922. The topological polar surface area (TPSA) is 73.4 Å². The van der Waals surface area contributed by atoms with Crippen molar-refractivity contribution in [2.75, 3.05) is 18.1 Å². The van der Waals surface area contributed by atoms with Gasteiger partial charge in [0, 0.05) is 6.54 Å². The van der Waals surface area contributed by atoms with E-state index in [0.29, 0.717) is 6.54 Å². The van der Waals surface area contributed by atoms with Crippen molar-refractivity contribution in [2.45, 2.75) is 18.9 Å². The highest BCUT2D eigenvalue weighted by atomic mass is 16.2. The lowest BCUT2D eigenvalue weighted by molar-refractivity contribution is -0.129. The molecule has 18 heavy (non-hydrogen) atoms. The molecule has 2 rings (SSSR count). The Morgan fingerprint density at radius 3 is 2.89 bits per heavy atom. The lowest BCUT2D eigenvalue weighted by atomic mass is 10.2. The lowest BCUT2D eigenvalue weighted by Crippen LogP contribution is -2.45. The summed E-state index contributed by atoms with van der Waals surface area (Å²) in [7, 11) is 0. The first-order valence-corrected chi connectivity index (χ1v) is 5.98. The summed E-state index contributed by atoms with van der Waals surface area (Å²) in [5.74, 6) is 5.76. The third-order valence-corrected chi connectivity index (χ3v) is 3.12. The van der Waals surface area contributed by atoms with Crippen LogP contribution >= 0.6 is 0 Å². The van der Waals surface area contributed by atoms with Gasteiger partial charge in [-0.3, -0.25) is 4.79 Å². The van der Waals surface area contributed by atoms with Gasteiger partial charge in [0.15, 0.2) is 0 Å². The third kappa shape index (κ3) is 2.60. The smallest absolute Gasteiger partial charge is 0.244 e. The van der Waals surface area contributed by atoms with Gasteiger partial charge in [-0.15, -0.1) is 0 Å². The molecule has 0 bridgehead atoms. The van der Waals surface area contributed by atoms with Gasteiger partial charge in [-0.25, -0.2) is 5.84 Å². The number of benzene rings is 1. The molecule has 1 aliphatic rings. The van der Waals surface area contributed by atoms with Crippen molar-refractivity contribution in [3.8, 4) is 6.07 Å². The number of nitrogens with two attached hydrogens (primary N) is 1. The minimum atomic E-state index is -0.290. The summed E-state index contributed by atoms with van der Waals surface area (Å²) in [5, 5.41) is 10.4. The molecule has 1 aromatic carbocycles. The predicted molar refractivity (Wildman–Crippen MR) is 68.3 cm³/mol. The first-order chi connectivity index (χ1) is 8.72. The Balaban J connectivity index is 1.98. The summed E-state index contributed by atoms with van der Waals surface area (Å²) in [6.07, 6.45) is 1.65. The molecule has 1 amide bonds. The normalized spacial score (nSPS) is 18.4. The second kappa shape index (κ2) is 5.52. The Kier molecular flexibility index (Phi) is 3.80. The molecule has 1 aliphatic heterocycles. The Bertz CT molecular complexity index is 454. The summed E-state index contributed by atoms with van der Waals surface area (Å²) in [5.41, 5.74) is 0.790. The van der Waals surface area contributed by atoms with Crippen LogP contribution in [0.4, 0.5) is 5.69 Å². The van der Waals surface area contributed by atoms with E-state index in [1.54, 1.807) is 4.90 Å². The Labute approximate surface area is 106 Å². The number of carbonyl (C=O) groups is 1. The molecule has 2 N–H and O–H groups in total. The second-order valence-electron chi connectivity index (χ2n) is 4.34. The van der Waals surface area contributed by atoms with Crippen LogP contribution in [0.5, 0.6) is 0 Å². The first kappa shape index (κ1) is 12.4. The highest BCUT2D eigenvalue weighted by Crippen LogP contribution is 2.17. The number of likely N-dealkylation sites (tertiary alicyclic amines) is 1. The van der Waals surface area contributed by atoms with Crippen LogP contribution in [0.3, 0.4) is 0 Å². The first-order valence-electron chi connectivity index (χ1n) is 5.98. The van der Waals surface area contributed by atoms with E-state index in [-0.39, 0.29) is 18.5 Å². The van der Waals surface area contributed by atoms with Crippen LogP contribution in [0.2, 0.25) is 0 Å². The summed E-state index contributed by atoms with van der Waals surface area (Å²) in [6, 6.07) is 11.2. The van der Waals surface area contributed by atoms with Gasteiger partial charge < -0.3 is 9.91 Å². The third-order valence-electron chi connectivity index (χ3n) is 3.12. The fourth-order valence-corrected chi connectivity index (χ4v) is 2.15. The van der Waals surface area contributed by atoms with Gasteiger partial charge in [0.05, 0.1) is 11.8 Å². The fraction of sp³-hybridized carbons (Fsp3) is 0.385. The van der Waals surface area contributed by atoms with E-state index >= 15 is 0 Å². The molecule has 0 aliphatic carbocycles. The average molecular weight is 244 g/mol. The molecular weight excluding hydrogens is 228 g/mol. The van der Waals surface area contributed by atoms with Gasteiger partial charge >= 0.3 is 0 Å². The number of carbonyl (C=O) groups excluding carboxylic acids is 1. The van der Waals surface area contributed by atoms with Crippen LogP contribution in [0, 0.1) is 11.3 Å². The largest absolute Gasteiger partial charge is 0.325 e. The Morgan fingerprint density at radius 2 is 2.22 bits per heavy atom. The quantitative estimate of drug-likeness (QED) is 0.633. The van der Waals surface area contributed by atoms with Gasteiger partial charge in [0.2, 0.25) is 5.91 Å². The van der Waals surface area contributed by atoms with Crippen molar-refractivity contribution >= 4 is 11.6 Å². The molecule has 1 unspecified atom stereocenters. The molecular formula is C13H16N4O. The molecule has 1 aromatic rings. The second-order valence-corrected chi connectivity index (χ2v) is 4.34. The number of hydrogen-bond acceptors (Lipinski definition) is 4. The van der Waals surface area contributed by atoms with Gasteiger partial charge in [-0.1, -0.05) is 18.2 Å². The van der Waals surface area contributed by atoms with Crippen molar-refractivity contribution in [1.82, 2.24) is 4.90 Å². The minimum Gasteiger partial charge on any atom is -0.325 e. The molecule has 94 valence electrons. The molecule has 1 fully saturated rings. The number of hydrogen-bond donors (Lipinski definition) is 1. The monoisotopic (exact) mass is 244 g/mol. The molecule has 1 atom stereocenters. The number of amides is 1. The van der Waals surface area contributed by atoms with Crippen molar-refractivity contribution < 1.29 is 4.79 Å². The number of nitrogens with zero attached hydrogens (tertiary/aromatic N) is 3. The van der Waals surface area contributed by atoms with E-state index in [2.05, 4.69) is 6.07 Å². The van der Waals surface area contributed by atoms with Crippen molar-refractivity contribution in [3.05, 3.63) is 30.3 Å². The van der Waals surface area contributed by atoms with Crippen molar-refractivity contribution in [1.29, 1.82) is 5.26 Å². The van der Waals surface area contributed by atoms with Crippen LogP contribution in [-0.4, -0.2) is 29.9 Å². The fourth-order valence-electron chi connectivity index (χ4n) is 2.15. The molecule has 5 nitrogen and oxygen atoms in total. The number of rotatable bonds is 3. The number of nitriles is 1. The van der Waals surface area contributed by atoms with Gasteiger partial charge in [-0.2, -0.15) is 5.26 Å². The van der Waals surface area contributed by atoms with Crippen LogP contribution in [0.15, 0.2) is 30.3 Å². The summed E-state index contributed by atoms with van der Waals surface area (Å²) >= 11 is 0. The van der Waals surface area contributed by atoms with Gasteiger partial charge in [0.25, 0.3) is 0 Å². The maximum Gasteiger partial charge on any atom is 0.244 e. The van der Waals surface area contributed by atoms with Crippen LogP contribution in [-0.2, 0) is 4.79 Å². The lowest BCUT2D eigenvalue weighted by Gasteiger charge is -2.24. The molecule has 0 radical (unpaired) electrons. The Hall–Kier alpha value is -2.06. The highest BCUT2D eigenvalue weighted by molar-refractivity contribution is 5.82. The molecule has 0 spiro atoms. The van der Waals surface area contributed by atoms with E-state index in [0.717, 1.165) is 18.5 Å². The zero-order valence-corrected chi connectivity index (χ0v) is 10.1. The Morgan fingerprint density at radius 1 is 1.50 bits per heavy atom. The van der Waals surface area contributed by atoms with Gasteiger partial charge in [0.1, 0.15) is 12.6 Å². The zero-order chi connectivity index (χ0) is 13.0. The van der Waals surface area contributed by atoms with Gasteiger partial charge in [-0.05, 0) is 25.0 Å². The molecule has 5 heteroatoms. The van der Waals surface area contributed by atoms with Crippen molar-refractivity contribution in [3.63, 3.8) is 0 Å². The SMILES string of the molecule is N#CC1CCCN1C(=O)CN(N)c1ccccc1. The standard InChI is InChI=1S/C13H16N4O/c14-9-12-7-4-8-16(12)13(18)10-17(15)11-5-2-1-3-6-11/h1-3,5-6,12H,4,7-8,10,15H2. The van der Waals surface area contributed by atoms with E-state index < -0.39 is 0 Å². The van der Waals surface area contributed by atoms with E-state index in [1.165, 1.54) is 5.01 Å². The van der Waals surface area contributed by atoms with E-state index in [9.17, 15) is 4.79 Å². The molecule has 1 saturated heterocycles. The zero-order valence-electron chi connectivity index (χ0n) is 10.1. The summed E-state index contributed by atoms with van der Waals surface area (Å²) < 4.78 is 0. The van der Waals surface area contributed by atoms with Crippen molar-refractivity contribution in [2.24, 2.45) is 5.84 Å². The maximum atomic E-state index is 12.1. The predicted octanol–water partition coefficient (Wildman–Crippen LogP) is 0.881. The average Bonchev–Trinajstić information content (AvgIpc) is 2.88. The number of anilines is 1. The number of hydrazine groups is 1. The molecule has 0 saturated carbocycles. The molecule has 0 aromatic heterocycles. The maximum absolute atomic E-state index is 12.1. The summed E-state index contributed by atoms with van der Waals surface area (Å²) in [4.78, 5) is 13.7. The van der Waals surface area contributed by atoms with Crippen LogP contribution < -0.4 is 10.9 Å².